The molecule has 0 spiro atoms. The molecule has 0 aliphatic rings. The molecule has 2 aromatic heterocycles. The van der Waals surface area contributed by atoms with E-state index < -0.39 is 13.0 Å². The van der Waals surface area contributed by atoms with Gasteiger partial charge in [-0.2, -0.15) is 4.98 Å². The van der Waals surface area contributed by atoms with Gasteiger partial charge in [0.05, 0.1) is 11.9 Å². The number of thiophene rings is 1. The number of fused-ring (bicyclic) bond motifs is 1. The van der Waals surface area contributed by atoms with Crippen molar-refractivity contribution in [1.29, 1.82) is 0 Å². The van der Waals surface area contributed by atoms with Crippen molar-refractivity contribution in [1.82, 2.24) is 9.97 Å². The summed E-state index contributed by atoms with van der Waals surface area (Å²) in [6.07, 6.45) is -1.56. The molecule has 0 fully saturated rings. The molecule has 0 amide bonds. The molecule has 0 aliphatic carbocycles. The number of aromatic nitrogens is 2. The maximum atomic E-state index is 12.2. The smallest absolute Gasteiger partial charge is 0.255 e. The van der Waals surface area contributed by atoms with Gasteiger partial charge in [0, 0.05) is 4.88 Å². The Morgan fingerprint density at radius 1 is 1.47 bits per heavy atom. The van der Waals surface area contributed by atoms with Crippen molar-refractivity contribution in [2.45, 2.75) is 19.8 Å². The Morgan fingerprint density at radius 3 is 2.88 bits per heavy atom. The Labute approximate surface area is 101 Å². The lowest BCUT2D eigenvalue weighted by molar-refractivity contribution is 0.163. The SMILES string of the molecule is CCc1cc2c(NCC(F)F)nc(N)nc2s1. The van der Waals surface area contributed by atoms with E-state index in [1.165, 1.54) is 11.3 Å². The zero-order chi connectivity index (χ0) is 12.4. The van der Waals surface area contributed by atoms with Crippen LogP contribution in [-0.2, 0) is 6.42 Å². The molecule has 17 heavy (non-hydrogen) atoms. The van der Waals surface area contributed by atoms with Crippen molar-refractivity contribution < 1.29 is 8.78 Å². The first-order valence-electron chi connectivity index (χ1n) is 5.18. The number of hydrogen-bond donors (Lipinski definition) is 2. The molecule has 0 radical (unpaired) electrons. The molecule has 0 aromatic carbocycles. The molecule has 92 valence electrons. The van der Waals surface area contributed by atoms with Crippen molar-refractivity contribution in [2.75, 3.05) is 17.6 Å². The lowest BCUT2D eigenvalue weighted by atomic mass is 10.3. The highest BCUT2D eigenvalue weighted by atomic mass is 32.1. The summed E-state index contributed by atoms with van der Waals surface area (Å²) < 4.78 is 24.3. The summed E-state index contributed by atoms with van der Waals surface area (Å²) >= 11 is 1.50. The van der Waals surface area contributed by atoms with Crippen LogP contribution in [0.15, 0.2) is 6.07 Å². The van der Waals surface area contributed by atoms with Gasteiger partial charge >= 0.3 is 0 Å². The molecule has 2 aromatic rings. The van der Waals surface area contributed by atoms with Crippen LogP contribution in [-0.4, -0.2) is 22.9 Å². The first-order chi connectivity index (χ1) is 8.10. The Balaban J connectivity index is 2.41. The molecular formula is C10H12F2N4S. The molecule has 0 atom stereocenters. The predicted octanol–water partition coefficient (Wildman–Crippen LogP) is 2.51. The fourth-order valence-corrected chi connectivity index (χ4v) is 2.44. The predicted molar refractivity (Wildman–Crippen MR) is 65.7 cm³/mol. The Kier molecular flexibility index (Phi) is 3.37. The van der Waals surface area contributed by atoms with Gasteiger partial charge in [0.1, 0.15) is 10.6 Å². The highest BCUT2D eigenvalue weighted by Crippen LogP contribution is 2.29. The molecule has 0 bridgehead atoms. The molecule has 0 saturated carbocycles. The van der Waals surface area contributed by atoms with Gasteiger partial charge in [-0.05, 0) is 12.5 Å². The minimum atomic E-state index is -2.43. The third kappa shape index (κ3) is 2.60. The summed E-state index contributed by atoms with van der Waals surface area (Å²) in [5.41, 5.74) is 5.54. The molecule has 2 heterocycles. The molecule has 7 heteroatoms. The van der Waals surface area contributed by atoms with Gasteiger partial charge in [-0.25, -0.2) is 13.8 Å². The standard InChI is InChI=1S/C10H12F2N4S/c1-2-5-3-6-8(14-4-7(11)12)15-10(13)16-9(6)17-5/h3,7H,2,4H2,1H3,(H3,13,14,15,16). The maximum absolute atomic E-state index is 12.2. The van der Waals surface area contributed by atoms with E-state index in [9.17, 15) is 8.78 Å². The molecular weight excluding hydrogens is 246 g/mol. The number of rotatable bonds is 4. The molecule has 3 N–H and O–H groups in total. The highest BCUT2D eigenvalue weighted by Gasteiger charge is 2.11. The first kappa shape index (κ1) is 12.0. The Hall–Kier alpha value is -1.50. The minimum Gasteiger partial charge on any atom is -0.368 e. The van der Waals surface area contributed by atoms with E-state index in [1.807, 2.05) is 13.0 Å². The number of anilines is 2. The number of nitrogen functional groups attached to an aromatic ring is 1. The van der Waals surface area contributed by atoms with Crippen LogP contribution in [0.3, 0.4) is 0 Å². The molecule has 2 rings (SSSR count). The van der Waals surface area contributed by atoms with Gasteiger partial charge in [0.15, 0.2) is 0 Å². The number of nitrogens with two attached hydrogens (primary N) is 1. The monoisotopic (exact) mass is 258 g/mol. The zero-order valence-electron chi connectivity index (χ0n) is 9.20. The van der Waals surface area contributed by atoms with Gasteiger partial charge in [-0.1, -0.05) is 6.92 Å². The molecule has 0 unspecified atom stereocenters. The van der Waals surface area contributed by atoms with E-state index in [-0.39, 0.29) is 5.95 Å². The van der Waals surface area contributed by atoms with Gasteiger partial charge in [0.2, 0.25) is 5.95 Å². The second-order valence-corrected chi connectivity index (χ2v) is 4.60. The first-order valence-corrected chi connectivity index (χ1v) is 5.99. The van der Waals surface area contributed by atoms with Crippen LogP contribution in [0, 0.1) is 0 Å². The van der Waals surface area contributed by atoms with Crippen molar-refractivity contribution >= 4 is 33.3 Å². The zero-order valence-corrected chi connectivity index (χ0v) is 10.0. The second-order valence-electron chi connectivity index (χ2n) is 3.49. The van der Waals surface area contributed by atoms with E-state index in [0.717, 1.165) is 21.5 Å². The summed E-state index contributed by atoms with van der Waals surface area (Å²) in [7, 11) is 0. The van der Waals surface area contributed by atoms with Crippen LogP contribution in [0.1, 0.15) is 11.8 Å². The third-order valence-electron chi connectivity index (χ3n) is 2.23. The molecule has 4 nitrogen and oxygen atoms in total. The highest BCUT2D eigenvalue weighted by molar-refractivity contribution is 7.18. The van der Waals surface area contributed by atoms with E-state index in [1.54, 1.807) is 0 Å². The van der Waals surface area contributed by atoms with Crippen LogP contribution < -0.4 is 11.1 Å². The summed E-state index contributed by atoms with van der Waals surface area (Å²) in [4.78, 5) is 9.89. The van der Waals surface area contributed by atoms with Gasteiger partial charge in [-0.3, -0.25) is 0 Å². The largest absolute Gasteiger partial charge is 0.368 e. The Bertz CT molecular complexity index is 526. The minimum absolute atomic E-state index is 0.0961. The van der Waals surface area contributed by atoms with Crippen molar-refractivity contribution in [3.8, 4) is 0 Å². The van der Waals surface area contributed by atoms with Crippen LogP contribution in [0.5, 0.6) is 0 Å². The molecule has 0 aliphatic heterocycles. The number of nitrogens with one attached hydrogen (secondary N) is 1. The number of hydrogen-bond acceptors (Lipinski definition) is 5. The molecule has 0 saturated heterocycles. The number of alkyl halides is 2. The number of nitrogens with zero attached hydrogens (tertiary/aromatic N) is 2. The van der Waals surface area contributed by atoms with E-state index in [4.69, 9.17) is 5.73 Å². The maximum Gasteiger partial charge on any atom is 0.255 e. The second kappa shape index (κ2) is 4.79. The van der Waals surface area contributed by atoms with Gasteiger partial charge in [-0.15, -0.1) is 11.3 Å². The lowest BCUT2D eigenvalue weighted by Gasteiger charge is -2.06. The van der Waals surface area contributed by atoms with Crippen molar-refractivity contribution in [2.24, 2.45) is 0 Å². The van der Waals surface area contributed by atoms with E-state index >= 15 is 0 Å². The summed E-state index contributed by atoms with van der Waals surface area (Å²) in [5.74, 6) is 0.475. The van der Waals surface area contributed by atoms with Crippen LogP contribution in [0.25, 0.3) is 10.2 Å². The fourth-order valence-electron chi connectivity index (χ4n) is 1.47. The van der Waals surface area contributed by atoms with Crippen LogP contribution in [0.4, 0.5) is 20.5 Å². The van der Waals surface area contributed by atoms with Gasteiger partial charge < -0.3 is 11.1 Å². The third-order valence-corrected chi connectivity index (χ3v) is 3.41. The topological polar surface area (TPSA) is 63.8 Å². The summed E-state index contributed by atoms with van der Waals surface area (Å²) in [5, 5.41) is 3.34. The average Bonchev–Trinajstić information content (AvgIpc) is 2.68. The lowest BCUT2D eigenvalue weighted by Crippen LogP contribution is -2.12. The Morgan fingerprint density at radius 2 is 2.24 bits per heavy atom. The van der Waals surface area contributed by atoms with E-state index in [2.05, 4.69) is 15.3 Å². The summed E-state index contributed by atoms with van der Waals surface area (Å²) in [6.45, 7) is 1.58. The normalized spacial score (nSPS) is 11.3. The van der Waals surface area contributed by atoms with Gasteiger partial charge in [0.25, 0.3) is 6.43 Å². The quantitative estimate of drug-likeness (QED) is 0.884. The van der Waals surface area contributed by atoms with Crippen LogP contribution >= 0.6 is 11.3 Å². The van der Waals surface area contributed by atoms with Crippen molar-refractivity contribution in [3.63, 3.8) is 0 Å². The average molecular weight is 258 g/mol. The summed E-state index contributed by atoms with van der Waals surface area (Å²) in [6, 6.07) is 1.91. The number of aryl methyl sites for hydroxylation is 1. The fraction of sp³-hybridized carbons (Fsp3) is 0.400. The van der Waals surface area contributed by atoms with Crippen molar-refractivity contribution in [3.05, 3.63) is 10.9 Å². The van der Waals surface area contributed by atoms with E-state index in [0.29, 0.717) is 5.82 Å². The van der Waals surface area contributed by atoms with Crippen LogP contribution in [0.2, 0.25) is 0 Å². The number of halogens is 2.